The lowest BCUT2D eigenvalue weighted by Crippen LogP contribution is -2.39. The second kappa shape index (κ2) is 5.24. The molecular weight excluding hydrogens is 267 g/mol. The number of anilines is 1. The predicted octanol–water partition coefficient (Wildman–Crippen LogP) is 2.82. The number of nitrogens with one attached hydrogen (secondary N) is 1. The van der Waals surface area contributed by atoms with Crippen molar-refractivity contribution in [1.82, 2.24) is 10.3 Å². The first-order valence-corrected chi connectivity index (χ1v) is 7.07. The number of hydrogen-bond donors (Lipinski definition) is 1. The Kier molecular flexibility index (Phi) is 3.58. The highest BCUT2D eigenvalue weighted by Gasteiger charge is 2.32. The monoisotopic (exact) mass is 285 g/mol. The summed E-state index contributed by atoms with van der Waals surface area (Å²) in [5.74, 6) is 0.651. The third-order valence-corrected chi connectivity index (χ3v) is 3.97. The summed E-state index contributed by atoms with van der Waals surface area (Å²) in [6.07, 6.45) is 1.24. The van der Waals surface area contributed by atoms with E-state index in [-0.39, 0.29) is 0 Å². The molecule has 1 atom stereocenters. The molecule has 1 aliphatic heterocycles. The Morgan fingerprint density at radius 2 is 2.05 bits per heavy atom. The summed E-state index contributed by atoms with van der Waals surface area (Å²) in [4.78, 5) is 6.12. The largest absolute Gasteiger partial charge is 0.417 e. The summed E-state index contributed by atoms with van der Waals surface area (Å²) in [5, 5.41) is 3.48. The SMILES string of the molecule is FC(F)(F)c1ccc(N2CCCC2CNC2CC2)nc1. The van der Waals surface area contributed by atoms with Gasteiger partial charge in [-0.25, -0.2) is 4.98 Å². The molecule has 0 spiro atoms. The van der Waals surface area contributed by atoms with Gasteiger partial charge in [0.25, 0.3) is 0 Å². The highest BCUT2D eigenvalue weighted by molar-refractivity contribution is 5.42. The van der Waals surface area contributed by atoms with Crippen molar-refractivity contribution < 1.29 is 13.2 Å². The van der Waals surface area contributed by atoms with Crippen molar-refractivity contribution in [3.05, 3.63) is 23.9 Å². The fraction of sp³-hybridized carbons (Fsp3) is 0.643. The van der Waals surface area contributed by atoms with Crippen LogP contribution < -0.4 is 10.2 Å². The summed E-state index contributed by atoms with van der Waals surface area (Å²) in [5.41, 5.74) is -0.687. The minimum absolute atomic E-state index is 0.347. The molecule has 0 aromatic carbocycles. The maximum absolute atomic E-state index is 12.5. The Hall–Kier alpha value is -1.30. The highest BCUT2D eigenvalue weighted by Crippen LogP contribution is 2.31. The first kappa shape index (κ1) is 13.7. The van der Waals surface area contributed by atoms with Gasteiger partial charge in [-0.05, 0) is 37.8 Å². The van der Waals surface area contributed by atoms with Crippen molar-refractivity contribution in [3.8, 4) is 0 Å². The molecule has 3 nitrogen and oxygen atoms in total. The molecule has 110 valence electrons. The molecule has 1 aromatic rings. The van der Waals surface area contributed by atoms with Crippen LogP contribution in [-0.2, 0) is 6.18 Å². The summed E-state index contributed by atoms with van der Waals surface area (Å²) >= 11 is 0. The van der Waals surface area contributed by atoms with Gasteiger partial charge in [0.15, 0.2) is 0 Å². The second-order valence-corrected chi connectivity index (χ2v) is 5.57. The minimum atomic E-state index is -4.32. The first-order valence-electron chi connectivity index (χ1n) is 7.07. The van der Waals surface area contributed by atoms with E-state index in [4.69, 9.17) is 0 Å². The van der Waals surface area contributed by atoms with Crippen LogP contribution in [0.3, 0.4) is 0 Å². The molecule has 1 saturated carbocycles. The van der Waals surface area contributed by atoms with E-state index in [1.807, 2.05) is 0 Å². The number of hydrogen-bond acceptors (Lipinski definition) is 3. The summed E-state index contributed by atoms with van der Waals surface area (Å²) in [6.45, 7) is 1.77. The van der Waals surface area contributed by atoms with Gasteiger partial charge in [0.1, 0.15) is 5.82 Å². The minimum Gasteiger partial charge on any atom is -0.352 e. The Morgan fingerprint density at radius 3 is 2.65 bits per heavy atom. The van der Waals surface area contributed by atoms with Crippen LogP contribution in [0.25, 0.3) is 0 Å². The molecule has 2 aliphatic rings. The van der Waals surface area contributed by atoms with Gasteiger partial charge in [0.2, 0.25) is 0 Å². The lowest BCUT2D eigenvalue weighted by molar-refractivity contribution is -0.137. The van der Waals surface area contributed by atoms with E-state index >= 15 is 0 Å². The van der Waals surface area contributed by atoms with Gasteiger partial charge in [0, 0.05) is 31.4 Å². The van der Waals surface area contributed by atoms with Crippen LogP contribution in [-0.4, -0.2) is 30.2 Å². The first-order chi connectivity index (χ1) is 9.54. The standard InChI is InChI=1S/C14H18F3N3/c15-14(16,17)10-3-6-13(19-8-10)20-7-1-2-12(20)9-18-11-4-5-11/h3,6,8,11-12,18H,1-2,4-5,7,9H2. The molecule has 1 aromatic heterocycles. The molecule has 1 N–H and O–H groups in total. The van der Waals surface area contributed by atoms with Crippen molar-refractivity contribution in [2.24, 2.45) is 0 Å². The van der Waals surface area contributed by atoms with E-state index in [1.54, 1.807) is 0 Å². The maximum atomic E-state index is 12.5. The third kappa shape index (κ3) is 3.06. The fourth-order valence-corrected chi connectivity index (χ4v) is 2.66. The van der Waals surface area contributed by atoms with Crippen molar-refractivity contribution in [3.63, 3.8) is 0 Å². The Morgan fingerprint density at radius 1 is 1.25 bits per heavy atom. The molecular formula is C14H18F3N3. The topological polar surface area (TPSA) is 28.2 Å². The molecule has 1 saturated heterocycles. The van der Waals surface area contributed by atoms with Crippen molar-refractivity contribution in [1.29, 1.82) is 0 Å². The number of halogens is 3. The van der Waals surface area contributed by atoms with Gasteiger partial charge in [-0.15, -0.1) is 0 Å². The molecule has 1 unspecified atom stereocenters. The lowest BCUT2D eigenvalue weighted by Gasteiger charge is -2.26. The van der Waals surface area contributed by atoms with Gasteiger partial charge in [-0.1, -0.05) is 0 Å². The Bertz CT molecular complexity index is 454. The van der Waals surface area contributed by atoms with E-state index in [9.17, 15) is 13.2 Å². The molecule has 1 aliphatic carbocycles. The van der Waals surface area contributed by atoms with E-state index in [0.717, 1.165) is 38.2 Å². The Balaban J connectivity index is 1.67. The number of nitrogens with zero attached hydrogens (tertiary/aromatic N) is 2. The van der Waals surface area contributed by atoms with Crippen LogP contribution in [0, 0.1) is 0 Å². The Labute approximate surface area is 116 Å². The summed E-state index contributed by atoms with van der Waals surface area (Å²) in [6, 6.07) is 3.60. The van der Waals surface area contributed by atoms with Gasteiger partial charge in [-0.2, -0.15) is 13.2 Å². The third-order valence-electron chi connectivity index (χ3n) is 3.97. The van der Waals surface area contributed by atoms with Crippen LogP contribution >= 0.6 is 0 Å². The highest BCUT2D eigenvalue weighted by atomic mass is 19.4. The van der Waals surface area contributed by atoms with E-state index < -0.39 is 11.7 Å². The van der Waals surface area contributed by atoms with Crippen molar-refractivity contribution >= 4 is 5.82 Å². The number of aromatic nitrogens is 1. The maximum Gasteiger partial charge on any atom is 0.417 e. The number of alkyl halides is 3. The van der Waals surface area contributed by atoms with Gasteiger partial charge in [-0.3, -0.25) is 0 Å². The molecule has 20 heavy (non-hydrogen) atoms. The molecule has 2 heterocycles. The second-order valence-electron chi connectivity index (χ2n) is 5.57. The molecule has 2 fully saturated rings. The van der Waals surface area contributed by atoms with E-state index in [1.165, 1.54) is 18.9 Å². The average Bonchev–Trinajstić information content (AvgIpc) is 3.12. The predicted molar refractivity (Wildman–Crippen MR) is 70.6 cm³/mol. The smallest absolute Gasteiger partial charge is 0.352 e. The summed E-state index contributed by atoms with van der Waals surface area (Å²) < 4.78 is 37.6. The van der Waals surface area contributed by atoms with Gasteiger partial charge in [0.05, 0.1) is 5.56 Å². The average molecular weight is 285 g/mol. The van der Waals surface area contributed by atoms with E-state index in [0.29, 0.717) is 17.9 Å². The van der Waals surface area contributed by atoms with E-state index in [2.05, 4.69) is 15.2 Å². The normalized spacial score (nSPS) is 23.4. The molecule has 0 radical (unpaired) electrons. The van der Waals surface area contributed by atoms with Crippen molar-refractivity contribution in [2.45, 2.75) is 43.9 Å². The fourth-order valence-electron chi connectivity index (χ4n) is 2.66. The number of pyridine rings is 1. The van der Waals surface area contributed by atoms with Crippen LogP contribution in [0.1, 0.15) is 31.2 Å². The summed E-state index contributed by atoms with van der Waals surface area (Å²) in [7, 11) is 0. The van der Waals surface area contributed by atoms with Crippen LogP contribution in [0.2, 0.25) is 0 Å². The zero-order chi connectivity index (χ0) is 14.2. The van der Waals surface area contributed by atoms with Crippen LogP contribution in [0.4, 0.5) is 19.0 Å². The van der Waals surface area contributed by atoms with Crippen LogP contribution in [0.15, 0.2) is 18.3 Å². The van der Waals surface area contributed by atoms with Crippen molar-refractivity contribution in [2.75, 3.05) is 18.0 Å². The number of rotatable bonds is 4. The van der Waals surface area contributed by atoms with Crippen LogP contribution in [0.5, 0.6) is 0 Å². The zero-order valence-electron chi connectivity index (χ0n) is 11.2. The quantitative estimate of drug-likeness (QED) is 0.922. The lowest BCUT2D eigenvalue weighted by atomic mass is 10.2. The molecule has 3 rings (SSSR count). The van der Waals surface area contributed by atoms with Gasteiger partial charge < -0.3 is 10.2 Å². The molecule has 6 heteroatoms. The zero-order valence-corrected chi connectivity index (χ0v) is 11.2. The van der Waals surface area contributed by atoms with Gasteiger partial charge >= 0.3 is 6.18 Å². The molecule has 0 bridgehead atoms. The molecule has 0 amide bonds.